The zero-order valence-electron chi connectivity index (χ0n) is 12.9. The number of rotatable bonds is 7. The van der Waals surface area contributed by atoms with Crippen molar-refractivity contribution in [2.24, 2.45) is 0 Å². The van der Waals surface area contributed by atoms with Gasteiger partial charge in [-0.15, -0.1) is 0 Å². The van der Waals surface area contributed by atoms with E-state index >= 15 is 0 Å². The van der Waals surface area contributed by atoms with Gasteiger partial charge in [-0.2, -0.15) is 0 Å². The largest absolute Gasteiger partial charge is 0.497 e. The van der Waals surface area contributed by atoms with E-state index in [1.165, 1.54) is 32.4 Å². The van der Waals surface area contributed by atoms with Crippen molar-refractivity contribution in [1.29, 1.82) is 0 Å². The summed E-state index contributed by atoms with van der Waals surface area (Å²) in [5.74, 6) is 0.390. The molecule has 0 unspecified atom stereocenters. The summed E-state index contributed by atoms with van der Waals surface area (Å²) in [4.78, 5) is 22.7. The van der Waals surface area contributed by atoms with Crippen molar-refractivity contribution >= 4 is 23.1 Å². The first-order valence-electron chi connectivity index (χ1n) is 6.78. The van der Waals surface area contributed by atoms with Gasteiger partial charge in [0.15, 0.2) is 12.4 Å². The van der Waals surface area contributed by atoms with Gasteiger partial charge in [0.2, 0.25) is 5.78 Å². The Hall–Kier alpha value is -2.80. The summed E-state index contributed by atoms with van der Waals surface area (Å²) in [7, 11) is 2.91. The molecule has 7 nitrogen and oxygen atoms in total. The minimum absolute atomic E-state index is 0.0420. The van der Waals surface area contributed by atoms with E-state index in [4.69, 9.17) is 25.8 Å². The van der Waals surface area contributed by atoms with Crippen LogP contribution in [-0.4, -0.2) is 31.5 Å². The third-order valence-electron chi connectivity index (χ3n) is 3.18. The number of nitrogens with zero attached hydrogens (tertiary/aromatic N) is 1. The number of nitro groups is 1. The molecule has 0 fully saturated rings. The van der Waals surface area contributed by atoms with Crippen molar-refractivity contribution in [2.75, 3.05) is 20.8 Å². The number of carbonyl (C=O) groups excluding carboxylic acids is 1. The maximum atomic E-state index is 12.4. The molecule has 0 heterocycles. The minimum atomic E-state index is -0.627. The smallest absolute Gasteiger partial charge is 0.312 e. The molecule has 0 radical (unpaired) electrons. The summed E-state index contributed by atoms with van der Waals surface area (Å²) < 4.78 is 15.5. The van der Waals surface area contributed by atoms with Gasteiger partial charge in [0.1, 0.15) is 11.5 Å². The topological polar surface area (TPSA) is 87.9 Å². The highest BCUT2D eigenvalue weighted by Gasteiger charge is 2.19. The lowest BCUT2D eigenvalue weighted by atomic mass is 10.1. The molecular weight excluding hydrogens is 338 g/mol. The van der Waals surface area contributed by atoms with Crippen molar-refractivity contribution < 1.29 is 23.9 Å². The highest BCUT2D eigenvalue weighted by molar-refractivity contribution is 6.30. The van der Waals surface area contributed by atoms with E-state index in [2.05, 4.69) is 0 Å². The van der Waals surface area contributed by atoms with Crippen LogP contribution in [0.5, 0.6) is 17.2 Å². The van der Waals surface area contributed by atoms with E-state index in [0.717, 1.165) is 6.07 Å². The lowest BCUT2D eigenvalue weighted by Crippen LogP contribution is -2.13. The van der Waals surface area contributed by atoms with Crippen molar-refractivity contribution in [1.82, 2.24) is 0 Å². The van der Waals surface area contributed by atoms with Crippen LogP contribution in [0.15, 0.2) is 36.4 Å². The Morgan fingerprint density at radius 2 is 1.83 bits per heavy atom. The Morgan fingerprint density at radius 1 is 1.12 bits per heavy atom. The molecule has 0 atom stereocenters. The normalized spacial score (nSPS) is 10.1. The number of hydrogen-bond donors (Lipinski definition) is 0. The van der Waals surface area contributed by atoms with Gasteiger partial charge in [0.25, 0.3) is 0 Å². The lowest BCUT2D eigenvalue weighted by molar-refractivity contribution is -0.385. The summed E-state index contributed by atoms with van der Waals surface area (Å²) in [6, 6.07) is 8.71. The van der Waals surface area contributed by atoms with Crippen LogP contribution < -0.4 is 14.2 Å². The molecule has 0 saturated carbocycles. The summed E-state index contributed by atoms with van der Waals surface area (Å²) in [5, 5.41) is 11.2. The number of benzene rings is 2. The van der Waals surface area contributed by atoms with Gasteiger partial charge < -0.3 is 14.2 Å². The van der Waals surface area contributed by atoms with E-state index in [1.54, 1.807) is 12.1 Å². The fourth-order valence-corrected chi connectivity index (χ4v) is 2.17. The first-order valence-corrected chi connectivity index (χ1v) is 7.16. The van der Waals surface area contributed by atoms with Crippen molar-refractivity contribution in [2.45, 2.75) is 0 Å². The summed E-state index contributed by atoms with van der Waals surface area (Å²) in [5.41, 5.74) is -0.0543. The van der Waals surface area contributed by atoms with Crippen LogP contribution in [0.1, 0.15) is 10.4 Å². The molecule has 0 saturated heterocycles. The van der Waals surface area contributed by atoms with Gasteiger partial charge in [0, 0.05) is 11.1 Å². The molecule has 0 aromatic heterocycles. The fraction of sp³-hybridized carbons (Fsp3) is 0.188. The third kappa shape index (κ3) is 3.94. The Labute approximate surface area is 142 Å². The monoisotopic (exact) mass is 351 g/mol. The van der Waals surface area contributed by atoms with Gasteiger partial charge in [-0.3, -0.25) is 14.9 Å². The highest BCUT2D eigenvalue weighted by Crippen LogP contribution is 2.30. The molecule has 0 amide bonds. The second-order valence-electron chi connectivity index (χ2n) is 4.65. The molecule has 0 aliphatic heterocycles. The van der Waals surface area contributed by atoms with Gasteiger partial charge in [0.05, 0.1) is 24.7 Å². The zero-order valence-corrected chi connectivity index (χ0v) is 13.7. The molecule has 2 aromatic rings. The van der Waals surface area contributed by atoms with Crippen LogP contribution in [0.4, 0.5) is 5.69 Å². The molecule has 0 aliphatic carbocycles. The van der Waals surface area contributed by atoms with Crippen molar-refractivity contribution in [3.05, 3.63) is 57.1 Å². The first-order chi connectivity index (χ1) is 11.5. The maximum absolute atomic E-state index is 12.4. The molecule has 0 bridgehead atoms. The molecule has 2 aromatic carbocycles. The summed E-state index contributed by atoms with van der Waals surface area (Å²) in [6.07, 6.45) is 0. The van der Waals surface area contributed by atoms with Crippen LogP contribution >= 0.6 is 11.6 Å². The SMILES string of the molecule is COc1ccc(OC)c(C(=O)COc2ccc(Cl)cc2[N+](=O)[O-])c1. The highest BCUT2D eigenvalue weighted by atomic mass is 35.5. The Kier molecular flexibility index (Phi) is 5.59. The molecule has 2 rings (SSSR count). The number of carbonyl (C=O) groups is 1. The molecule has 24 heavy (non-hydrogen) atoms. The Balaban J connectivity index is 2.21. The molecule has 0 aliphatic rings. The standard InChI is InChI=1S/C16H14ClNO6/c1-22-11-4-6-15(23-2)12(8-11)14(19)9-24-16-5-3-10(17)7-13(16)18(20)21/h3-8H,9H2,1-2H3. The number of Topliss-reactive ketones (excluding diaryl/α,β-unsaturated/α-hetero) is 1. The fourth-order valence-electron chi connectivity index (χ4n) is 2.01. The van der Waals surface area contributed by atoms with Crippen LogP contribution in [0, 0.1) is 10.1 Å². The van der Waals surface area contributed by atoms with Crippen molar-refractivity contribution in [3.8, 4) is 17.2 Å². The van der Waals surface area contributed by atoms with E-state index in [0.29, 0.717) is 11.5 Å². The molecule has 8 heteroatoms. The van der Waals surface area contributed by atoms with Crippen LogP contribution in [0.25, 0.3) is 0 Å². The van der Waals surface area contributed by atoms with Gasteiger partial charge in [-0.25, -0.2) is 0 Å². The first kappa shape index (κ1) is 17.6. The predicted octanol–water partition coefficient (Wildman–Crippen LogP) is 3.53. The predicted molar refractivity (Wildman–Crippen MR) is 87.5 cm³/mol. The number of halogens is 1. The molecule has 0 spiro atoms. The van der Waals surface area contributed by atoms with Gasteiger partial charge in [-0.1, -0.05) is 11.6 Å². The lowest BCUT2D eigenvalue weighted by Gasteiger charge is -2.10. The molecule has 126 valence electrons. The van der Waals surface area contributed by atoms with Crippen LogP contribution in [-0.2, 0) is 0 Å². The summed E-state index contributed by atoms with van der Waals surface area (Å²) >= 11 is 5.74. The molecular formula is C16H14ClNO6. The van der Waals surface area contributed by atoms with Crippen LogP contribution in [0.3, 0.4) is 0 Å². The average Bonchev–Trinajstić information content (AvgIpc) is 2.59. The number of nitro benzene ring substituents is 1. The molecule has 0 N–H and O–H groups in total. The third-order valence-corrected chi connectivity index (χ3v) is 3.42. The number of ether oxygens (including phenoxy) is 3. The Morgan fingerprint density at radius 3 is 2.46 bits per heavy atom. The van der Waals surface area contributed by atoms with E-state index in [1.807, 2.05) is 0 Å². The second kappa shape index (κ2) is 7.65. The second-order valence-corrected chi connectivity index (χ2v) is 5.08. The van der Waals surface area contributed by atoms with Gasteiger partial charge in [-0.05, 0) is 30.3 Å². The van der Waals surface area contributed by atoms with E-state index < -0.39 is 17.3 Å². The number of methoxy groups -OCH3 is 2. The van der Waals surface area contributed by atoms with E-state index in [-0.39, 0.29) is 22.0 Å². The summed E-state index contributed by atoms with van der Waals surface area (Å²) in [6.45, 7) is -0.397. The Bertz CT molecular complexity index is 777. The quantitative estimate of drug-likeness (QED) is 0.431. The van der Waals surface area contributed by atoms with Gasteiger partial charge >= 0.3 is 5.69 Å². The average molecular weight is 352 g/mol. The minimum Gasteiger partial charge on any atom is -0.497 e. The van der Waals surface area contributed by atoms with Crippen molar-refractivity contribution in [3.63, 3.8) is 0 Å². The number of hydrogen-bond acceptors (Lipinski definition) is 6. The van der Waals surface area contributed by atoms with E-state index in [9.17, 15) is 14.9 Å². The maximum Gasteiger partial charge on any atom is 0.312 e. The number of ketones is 1. The van der Waals surface area contributed by atoms with Crippen LogP contribution in [0.2, 0.25) is 5.02 Å². The zero-order chi connectivity index (χ0) is 17.7.